The maximum atomic E-state index is 13.0. The van der Waals surface area contributed by atoms with Crippen LogP contribution in [0.1, 0.15) is 27.0 Å². The third-order valence-corrected chi connectivity index (χ3v) is 6.85. The Kier molecular flexibility index (Phi) is 6.03. The Morgan fingerprint density at radius 1 is 0.968 bits per heavy atom. The monoisotopic (exact) mass is 454 g/mol. The summed E-state index contributed by atoms with van der Waals surface area (Å²) in [5.74, 6) is -0.0512. The van der Waals surface area contributed by atoms with Gasteiger partial charge in [-0.2, -0.15) is 0 Å². The molecule has 0 saturated heterocycles. The first kappa shape index (κ1) is 21.4. The van der Waals surface area contributed by atoms with E-state index in [1.165, 1.54) is 21.7 Å². The fourth-order valence-electron chi connectivity index (χ4n) is 3.78. The van der Waals surface area contributed by atoms with E-state index in [2.05, 4.69) is 12.1 Å². The molecule has 0 radical (unpaired) electrons. The summed E-state index contributed by atoms with van der Waals surface area (Å²) >= 11 is 5.93. The number of hydrogen-bond donors (Lipinski definition) is 0. The maximum Gasteiger partial charge on any atom is 0.254 e. The van der Waals surface area contributed by atoms with Crippen LogP contribution in [-0.4, -0.2) is 32.0 Å². The van der Waals surface area contributed by atoms with Gasteiger partial charge in [0.15, 0.2) is 0 Å². The number of sulfonamides is 1. The fraction of sp³-hybridized carbons (Fsp3) is 0.208. The summed E-state index contributed by atoms with van der Waals surface area (Å²) in [5, 5.41) is 0.595. The fourth-order valence-corrected chi connectivity index (χ4v) is 4.79. The Morgan fingerprint density at radius 2 is 1.61 bits per heavy atom. The molecule has 31 heavy (non-hydrogen) atoms. The van der Waals surface area contributed by atoms with Crippen LogP contribution >= 0.6 is 11.6 Å². The standard InChI is InChI=1S/C24H23ClN2O3S/c1-31(29,30)27(16-18-6-10-22(25)11-7-18)23-12-8-20(9-13-23)24(28)26-15-14-19-4-2-3-5-21(19)17-26/h2-13H,14-17H2,1H3. The summed E-state index contributed by atoms with van der Waals surface area (Å²) < 4.78 is 26.1. The van der Waals surface area contributed by atoms with Crippen molar-refractivity contribution in [2.24, 2.45) is 0 Å². The highest BCUT2D eigenvalue weighted by molar-refractivity contribution is 7.92. The second-order valence-corrected chi connectivity index (χ2v) is 10.0. The largest absolute Gasteiger partial charge is 0.334 e. The molecule has 0 bridgehead atoms. The molecule has 3 aromatic carbocycles. The molecule has 4 rings (SSSR count). The van der Waals surface area contributed by atoms with Crippen LogP contribution in [0.15, 0.2) is 72.8 Å². The third kappa shape index (κ3) is 4.92. The zero-order valence-electron chi connectivity index (χ0n) is 17.2. The predicted molar refractivity (Wildman–Crippen MR) is 124 cm³/mol. The molecule has 0 aliphatic carbocycles. The topological polar surface area (TPSA) is 57.7 Å². The van der Waals surface area contributed by atoms with Crippen LogP contribution in [0.2, 0.25) is 5.02 Å². The second kappa shape index (κ2) is 8.73. The van der Waals surface area contributed by atoms with Gasteiger partial charge < -0.3 is 4.90 Å². The molecule has 0 saturated carbocycles. The van der Waals surface area contributed by atoms with Crippen molar-refractivity contribution in [1.29, 1.82) is 0 Å². The van der Waals surface area contributed by atoms with E-state index in [1.807, 2.05) is 17.0 Å². The molecule has 160 valence electrons. The summed E-state index contributed by atoms with van der Waals surface area (Å²) in [5.41, 5.74) is 4.33. The van der Waals surface area contributed by atoms with Crippen LogP contribution < -0.4 is 4.31 Å². The molecular weight excluding hydrogens is 432 g/mol. The Balaban J connectivity index is 1.53. The van der Waals surface area contributed by atoms with Crippen LogP contribution in [0.4, 0.5) is 5.69 Å². The highest BCUT2D eigenvalue weighted by Gasteiger charge is 2.23. The molecule has 0 unspecified atom stereocenters. The molecule has 1 aliphatic heterocycles. The van der Waals surface area contributed by atoms with Gasteiger partial charge >= 0.3 is 0 Å². The predicted octanol–water partition coefficient (Wildman–Crippen LogP) is 4.50. The van der Waals surface area contributed by atoms with Gasteiger partial charge in [0, 0.05) is 23.7 Å². The Bertz CT molecular complexity index is 1190. The average molecular weight is 455 g/mol. The number of fused-ring (bicyclic) bond motifs is 1. The molecule has 0 spiro atoms. The highest BCUT2D eigenvalue weighted by atomic mass is 35.5. The molecule has 1 heterocycles. The Hall–Kier alpha value is -2.83. The molecule has 3 aromatic rings. The number of benzene rings is 3. The van der Waals surface area contributed by atoms with E-state index >= 15 is 0 Å². The molecular formula is C24H23ClN2O3S. The summed E-state index contributed by atoms with van der Waals surface area (Å²) in [6, 6.07) is 22.0. The van der Waals surface area contributed by atoms with Crippen LogP contribution in [0, 0.1) is 0 Å². The second-order valence-electron chi connectivity index (χ2n) is 7.69. The first-order chi connectivity index (χ1) is 14.8. The van der Waals surface area contributed by atoms with Crippen LogP contribution in [-0.2, 0) is 29.5 Å². The van der Waals surface area contributed by atoms with E-state index in [-0.39, 0.29) is 12.5 Å². The smallest absolute Gasteiger partial charge is 0.254 e. The van der Waals surface area contributed by atoms with Crippen molar-refractivity contribution < 1.29 is 13.2 Å². The van der Waals surface area contributed by atoms with Gasteiger partial charge in [0.1, 0.15) is 0 Å². The normalized spacial score (nSPS) is 13.5. The lowest BCUT2D eigenvalue weighted by Gasteiger charge is -2.29. The number of rotatable bonds is 5. The van der Waals surface area contributed by atoms with Crippen LogP contribution in [0.3, 0.4) is 0 Å². The molecule has 7 heteroatoms. The molecule has 0 atom stereocenters. The number of anilines is 1. The van der Waals surface area contributed by atoms with Gasteiger partial charge in [0.25, 0.3) is 5.91 Å². The Morgan fingerprint density at radius 3 is 2.26 bits per heavy atom. The van der Waals surface area contributed by atoms with Gasteiger partial charge in [-0.25, -0.2) is 8.42 Å². The van der Waals surface area contributed by atoms with Crippen molar-refractivity contribution in [3.8, 4) is 0 Å². The number of hydrogen-bond acceptors (Lipinski definition) is 3. The molecule has 1 amide bonds. The average Bonchev–Trinajstić information content (AvgIpc) is 2.77. The lowest BCUT2D eigenvalue weighted by Crippen LogP contribution is -2.36. The van der Waals surface area contributed by atoms with Crippen molar-refractivity contribution in [1.82, 2.24) is 4.90 Å². The first-order valence-corrected chi connectivity index (χ1v) is 12.2. The quantitative estimate of drug-likeness (QED) is 0.570. The first-order valence-electron chi connectivity index (χ1n) is 9.99. The van der Waals surface area contributed by atoms with Gasteiger partial charge in [-0.1, -0.05) is 48.0 Å². The van der Waals surface area contributed by atoms with Gasteiger partial charge in [-0.05, 0) is 59.5 Å². The molecule has 5 nitrogen and oxygen atoms in total. The SMILES string of the molecule is CS(=O)(=O)N(Cc1ccc(Cl)cc1)c1ccc(C(=O)N2CCc3ccccc3C2)cc1. The van der Waals surface area contributed by atoms with Crippen molar-refractivity contribution >= 4 is 33.2 Å². The lowest BCUT2D eigenvalue weighted by molar-refractivity contribution is 0.0734. The Labute approximate surface area is 187 Å². The molecule has 0 fully saturated rings. The molecule has 0 N–H and O–H groups in total. The van der Waals surface area contributed by atoms with Crippen molar-refractivity contribution in [3.05, 3.63) is 100 Å². The lowest BCUT2D eigenvalue weighted by atomic mass is 9.99. The third-order valence-electron chi connectivity index (χ3n) is 5.46. The van der Waals surface area contributed by atoms with Gasteiger partial charge in [0.05, 0.1) is 18.5 Å². The summed E-state index contributed by atoms with van der Waals surface area (Å²) in [6.45, 7) is 1.44. The zero-order chi connectivity index (χ0) is 22.0. The summed E-state index contributed by atoms with van der Waals surface area (Å²) in [7, 11) is -3.51. The maximum absolute atomic E-state index is 13.0. The van der Waals surface area contributed by atoms with E-state index in [9.17, 15) is 13.2 Å². The van der Waals surface area contributed by atoms with Gasteiger partial charge in [0.2, 0.25) is 10.0 Å². The van der Waals surface area contributed by atoms with Gasteiger partial charge in [-0.3, -0.25) is 9.10 Å². The summed E-state index contributed by atoms with van der Waals surface area (Å²) in [6.07, 6.45) is 2.01. The van der Waals surface area contributed by atoms with Crippen LogP contribution in [0.25, 0.3) is 0 Å². The number of nitrogens with zero attached hydrogens (tertiary/aromatic N) is 2. The summed E-state index contributed by atoms with van der Waals surface area (Å²) in [4.78, 5) is 14.8. The van der Waals surface area contributed by atoms with Crippen LogP contribution in [0.5, 0.6) is 0 Å². The van der Waals surface area contributed by atoms with Crippen molar-refractivity contribution in [2.45, 2.75) is 19.5 Å². The zero-order valence-corrected chi connectivity index (χ0v) is 18.7. The molecule has 0 aromatic heterocycles. The van der Waals surface area contributed by atoms with Crippen molar-refractivity contribution in [2.75, 3.05) is 17.1 Å². The highest BCUT2D eigenvalue weighted by Crippen LogP contribution is 2.24. The minimum absolute atomic E-state index is 0.0512. The number of carbonyl (C=O) groups is 1. The van der Waals surface area contributed by atoms with E-state index in [0.717, 1.165) is 12.0 Å². The van der Waals surface area contributed by atoms with E-state index in [1.54, 1.807) is 48.5 Å². The molecule has 1 aliphatic rings. The number of carbonyl (C=O) groups excluding carboxylic acids is 1. The van der Waals surface area contributed by atoms with E-state index in [0.29, 0.717) is 29.4 Å². The minimum Gasteiger partial charge on any atom is -0.334 e. The minimum atomic E-state index is -3.51. The number of amides is 1. The van der Waals surface area contributed by atoms with Gasteiger partial charge in [-0.15, -0.1) is 0 Å². The van der Waals surface area contributed by atoms with Crippen molar-refractivity contribution in [3.63, 3.8) is 0 Å². The van der Waals surface area contributed by atoms with E-state index in [4.69, 9.17) is 11.6 Å². The number of halogens is 1. The van der Waals surface area contributed by atoms with E-state index < -0.39 is 10.0 Å².